The van der Waals surface area contributed by atoms with Gasteiger partial charge < -0.3 is 18.9 Å². The predicted octanol–water partition coefficient (Wildman–Crippen LogP) is 2.90. The number of hydrogen-bond donors (Lipinski definition) is 2. The third-order valence-electron chi connectivity index (χ3n) is 4.99. The topological polar surface area (TPSA) is 146 Å². The molecule has 1 aromatic rings. The Morgan fingerprint density at radius 1 is 0.727 bits per heavy atom. The molecule has 0 saturated carbocycles. The lowest BCUT2D eigenvalue weighted by Gasteiger charge is -2.15. The van der Waals surface area contributed by atoms with Gasteiger partial charge in [-0.25, -0.2) is 0 Å². The van der Waals surface area contributed by atoms with Crippen molar-refractivity contribution in [2.45, 2.75) is 57.0 Å². The summed E-state index contributed by atoms with van der Waals surface area (Å²) in [6.45, 7) is 6.60. The third-order valence-corrected chi connectivity index (χ3v) is 7.81. The van der Waals surface area contributed by atoms with E-state index in [1.165, 1.54) is 0 Å². The molecule has 1 aromatic carbocycles. The summed E-state index contributed by atoms with van der Waals surface area (Å²) in [6.07, 6.45) is 1.03. The second kappa shape index (κ2) is 14.7. The van der Waals surface area contributed by atoms with E-state index in [0.717, 1.165) is 5.56 Å². The van der Waals surface area contributed by atoms with E-state index in [0.29, 0.717) is 24.3 Å². The minimum absolute atomic E-state index is 0.187. The fourth-order valence-corrected chi connectivity index (χ4v) is 4.66. The summed E-state index contributed by atoms with van der Waals surface area (Å²) < 4.78 is 85.2. The Balaban J connectivity index is 2.36. The fourth-order valence-electron chi connectivity index (χ4n) is 3.03. The Labute approximate surface area is 197 Å². The van der Waals surface area contributed by atoms with E-state index in [1.54, 1.807) is 19.9 Å². The van der Waals surface area contributed by atoms with Gasteiger partial charge in [0.2, 0.25) is 0 Å². The average Bonchev–Trinajstić information content (AvgIpc) is 2.72. The molecule has 2 N–H and O–H groups in total. The molecule has 0 aliphatic rings. The Kier molecular flexibility index (Phi) is 13.2. The Hall–Kier alpha value is -1.44. The van der Waals surface area contributed by atoms with E-state index in [4.69, 9.17) is 28.1 Å². The Bertz CT molecular complexity index is 900. The van der Waals surface area contributed by atoms with Gasteiger partial charge in [0.05, 0.1) is 23.7 Å². The maximum Gasteiger partial charge on any atom is 0.267 e. The monoisotopic (exact) mass is 512 g/mol. The van der Waals surface area contributed by atoms with Crippen LogP contribution in [-0.4, -0.2) is 76.1 Å². The summed E-state index contributed by atoms with van der Waals surface area (Å²) in [4.78, 5) is 0. The molecule has 192 valence electrons. The summed E-state index contributed by atoms with van der Waals surface area (Å²) in [5.74, 6) is 1.05. The van der Waals surface area contributed by atoms with Gasteiger partial charge in [-0.2, -0.15) is 16.8 Å². The molecule has 33 heavy (non-hydrogen) atoms. The van der Waals surface area contributed by atoms with Gasteiger partial charge in [0.25, 0.3) is 20.2 Å². The highest BCUT2D eigenvalue weighted by molar-refractivity contribution is 7.86. The number of ether oxygens (including phenoxy) is 4. The first-order chi connectivity index (χ1) is 15.5. The van der Waals surface area contributed by atoms with Crippen LogP contribution < -0.4 is 9.47 Å². The maximum atomic E-state index is 11.2. The highest BCUT2D eigenvalue weighted by Gasteiger charge is 2.21. The summed E-state index contributed by atoms with van der Waals surface area (Å²) in [5, 5.41) is -1.67. The van der Waals surface area contributed by atoms with E-state index in [1.807, 2.05) is 19.1 Å². The first-order valence-corrected chi connectivity index (χ1v) is 13.9. The zero-order valence-corrected chi connectivity index (χ0v) is 21.1. The van der Waals surface area contributed by atoms with Crippen molar-refractivity contribution in [3.05, 3.63) is 23.8 Å². The van der Waals surface area contributed by atoms with Crippen molar-refractivity contribution in [2.24, 2.45) is 0 Å². The molecule has 0 aliphatic carbocycles. The molecule has 0 saturated heterocycles. The van der Waals surface area contributed by atoms with Crippen LogP contribution in [0, 0.1) is 6.92 Å². The van der Waals surface area contributed by atoms with Crippen molar-refractivity contribution in [2.75, 3.05) is 39.6 Å². The zero-order valence-electron chi connectivity index (χ0n) is 19.4. The SMILES string of the molecule is CCC(CCOCCOc1ccc(C)cc1OCCOCCC(CC)S(=O)(=O)O)S(=O)(=O)O. The largest absolute Gasteiger partial charge is 0.487 e. The molecule has 0 heterocycles. The van der Waals surface area contributed by atoms with Crippen LogP contribution in [0.4, 0.5) is 0 Å². The number of rotatable bonds is 18. The van der Waals surface area contributed by atoms with Crippen LogP contribution in [0.15, 0.2) is 18.2 Å². The van der Waals surface area contributed by atoms with Crippen LogP contribution in [-0.2, 0) is 29.7 Å². The zero-order chi connectivity index (χ0) is 24.9. The molecular formula is C21H36O10S2. The summed E-state index contributed by atoms with van der Waals surface area (Å²) >= 11 is 0. The molecule has 2 unspecified atom stereocenters. The van der Waals surface area contributed by atoms with Crippen molar-refractivity contribution in [1.82, 2.24) is 0 Å². The van der Waals surface area contributed by atoms with Gasteiger partial charge in [-0.3, -0.25) is 9.11 Å². The van der Waals surface area contributed by atoms with Gasteiger partial charge in [0.15, 0.2) is 11.5 Å². The Morgan fingerprint density at radius 2 is 1.18 bits per heavy atom. The van der Waals surface area contributed by atoms with Crippen LogP contribution in [0.25, 0.3) is 0 Å². The first kappa shape index (κ1) is 29.6. The van der Waals surface area contributed by atoms with Gasteiger partial charge in [0.1, 0.15) is 13.2 Å². The molecule has 0 radical (unpaired) electrons. The normalized spacial score (nSPS) is 14.1. The molecule has 0 aliphatic heterocycles. The minimum atomic E-state index is -4.06. The van der Waals surface area contributed by atoms with Crippen molar-refractivity contribution in [1.29, 1.82) is 0 Å². The smallest absolute Gasteiger partial charge is 0.267 e. The highest BCUT2D eigenvalue weighted by Crippen LogP contribution is 2.28. The molecule has 12 heteroatoms. The van der Waals surface area contributed by atoms with Crippen LogP contribution in [0.5, 0.6) is 11.5 Å². The molecule has 0 amide bonds. The van der Waals surface area contributed by atoms with Crippen molar-refractivity contribution in [3.63, 3.8) is 0 Å². The quantitative estimate of drug-likeness (QED) is 0.222. The van der Waals surface area contributed by atoms with E-state index in [9.17, 15) is 16.8 Å². The van der Waals surface area contributed by atoms with Gasteiger partial charge in [0, 0.05) is 13.2 Å². The third kappa shape index (κ3) is 12.0. The van der Waals surface area contributed by atoms with Crippen molar-refractivity contribution in [3.8, 4) is 11.5 Å². The van der Waals surface area contributed by atoms with Gasteiger partial charge in [-0.05, 0) is 50.3 Å². The van der Waals surface area contributed by atoms with Gasteiger partial charge in [-0.1, -0.05) is 19.9 Å². The number of benzene rings is 1. The second-order valence-corrected chi connectivity index (χ2v) is 10.9. The lowest BCUT2D eigenvalue weighted by molar-refractivity contribution is 0.0886. The Morgan fingerprint density at radius 3 is 1.61 bits per heavy atom. The van der Waals surface area contributed by atoms with E-state index in [2.05, 4.69) is 0 Å². The standard InChI is InChI=1S/C21H36O10S2/c1-4-18(32(22,23)24)8-10-28-12-14-30-20-7-6-17(3)16-21(20)31-15-13-29-11-9-19(5-2)33(25,26)27/h6-7,16,18-19H,4-5,8-15H2,1-3H3,(H,22,23,24)(H,25,26,27). The number of hydrogen-bond acceptors (Lipinski definition) is 8. The van der Waals surface area contributed by atoms with Crippen LogP contribution in [0.3, 0.4) is 0 Å². The van der Waals surface area contributed by atoms with Crippen LogP contribution >= 0.6 is 0 Å². The van der Waals surface area contributed by atoms with Crippen molar-refractivity contribution < 1.29 is 44.9 Å². The highest BCUT2D eigenvalue weighted by atomic mass is 32.2. The molecule has 2 atom stereocenters. The fraction of sp³-hybridized carbons (Fsp3) is 0.714. The summed E-state index contributed by atoms with van der Waals surface area (Å²) in [5.41, 5.74) is 0.976. The summed E-state index contributed by atoms with van der Waals surface area (Å²) in [7, 11) is -8.13. The van der Waals surface area contributed by atoms with Gasteiger partial charge in [-0.15, -0.1) is 0 Å². The lowest BCUT2D eigenvalue weighted by Crippen LogP contribution is -2.22. The van der Waals surface area contributed by atoms with E-state index < -0.39 is 30.7 Å². The van der Waals surface area contributed by atoms with Crippen molar-refractivity contribution >= 4 is 20.2 Å². The number of aryl methyl sites for hydroxylation is 1. The second-order valence-electron chi connectivity index (χ2n) is 7.54. The summed E-state index contributed by atoms with van der Waals surface area (Å²) in [6, 6.07) is 5.46. The molecule has 0 aromatic heterocycles. The molecule has 0 fully saturated rings. The molecule has 0 bridgehead atoms. The maximum absolute atomic E-state index is 11.2. The molecule has 0 spiro atoms. The van der Waals surface area contributed by atoms with E-state index >= 15 is 0 Å². The minimum Gasteiger partial charge on any atom is -0.487 e. The average molecular weight is 513 g/mol. The van der Waals surface area contributed by atoms with Crippen LogP contribution in [0.1, 0.15) is 45.1 Å². The molecular weight excluding hydrogens is 476 g/mol. The predicted molar refractivity (Wildman–Crippen MR) is 124 cm³/mol. The van der Waals surface area contributed by atoms with Gasteiger partial charge >= 0.3 is 0 Å². The first-order valence-electron chi connectivity index (χ1n) is 10.9. The molecule has 10 nitrogen and oxygen atoms in total. The van der Waals surface area contributed by atoms with E-state index in [-0.39, 0.29) is 52.5 Å². The van der Waals surface area contributed by atoms with Crippen LogP contribution in [0.2, 0.25) is 0 Å². The molecule has 1 rings (SSSR count). The lowest BCUT2D eigenvalue weighted by atomic mass is 10.2.